The van der Waals surface area contributed by atoms with Crippen molar-refractivity contribution in [1.29, 1.82) is 0 Å². The molecule has 1 aliphatic rings. The number of nitroso groups, excluding NO2 is 1. The summed E-state index contributed by atoms with van der Waals surface area (Å²) in [5, 5.41) is 5.69. The highest BCUT2D eigenvalue weighted by Gasteiger charge is 2.47. The van der Waals surface area contributed by atoms with Crippen molar-refractivity contribution in [2.75, 3.05) is 26.5 Å². The summed E-state index contributed by atoms with van der Waals surface area (Å²) in [7, 11) is 5.04. The van der Waals surface area contributed by atoms with E-state index < -0.39 is 0 Å². The van der Waals surface area contributed by atoms with Gasteiger partial charge in [0.25, 0.3) is 10.9 Å². The van der Waals surface area contributed by atoms with Gasteiger partial charge >= 0.3 is 0 Å². The van der Waals surface area contributed by atoms with Gasteiger partial charge in [0.05, 0.1) is 24.9 Å². The molecule has 102 valence electrons. The van der Waals surface area contributed by atoms with Crippen LogP contribution in [0.3, 0.4) is 0 Å². The van der Waals surface area contributed by atoms with E-state index in [1.807, 2.05) is 38.2 Å². The summed E-state index contributed by atoms with van der Waals surface area (Å²) in [5.41, 5.74) is 1.95. The molecule has 1 aromatic carbocycles. The zero-order valence-electron chi connectivity index (χ0n) is 11.6. The molecule has 1 heterocycles. The largest absolute Gasteiger partial charge is 0.388 e. The van der Waals surface area contributed by atoms with Crippen LogP contribution in [0.5, 0.6) is 0 Å². The van der Waals surface area contributed by atoms with Crippen molar-refractivity contribution in [3.8, 4) is 0 Å². The fraction of sp³-hybridized carbons (Fsp3) is 0.462. The predicted molar refractivity (Wildman–Crippen MR) is 72.1 cm³/mol. The second-order valence-corrected chi connectivity index (χ2v) is 4.79. The minimum Gasteiger partial charge on any atom is -0.388 e. The molecule has 0 aliphatic carbocycles. The van der Waals surface area contributed by atoms with Crippen LogP contribution >= 0.6 is 0 Å². The highest BCUT2D eigenvalue weighted by molar-refractivity contribution is 5.78. The van der Waals surface area contributed by atoms with Crippen LogP contribution in [0, 0.1) is 10.8 Å². The van der Waals surface area contributed by atoms with Crippen molar-refractivity contribution in [2.24, 2.45) is 5.92 Å². The molecule has 6 nitrogen and oxygen atoms in total. The van der Waals surface area contributed by atoms with E-state index in [1.165, 1.54) is 7.05 Å². The Morgan fingerprint density at radius 3 is 2.32 bits per heavy atom. The monoisotopic (exact) mass is 263 g/mol. The number of carbonyl (C=O) groups is 1. The van der Waals surface area contributed by atoms with E-state index in [0.29, 0.717) is 4.98 Å². The molecule has 6 heteroatoms. The molecule has 1 fully saturated rings. The maximum atomic E-state index is 12.0. The molecule has 19 heavy (non-hydrogen) atoms. The van der Waals surface area contributed by atoms with Gasteiger partial charge in [-0.1, -0.05) is 19.1 Å². The van der Waals surface area contributed by atoms with Gasteiger partial charge in [-0.3, -0.25) is 4.79 Å². The lowest BCUT2D eigenvalue weighted by atomic mass is 9.92. The molecule has 0 bridgehead atoms. The Morgan fingerprint density at radius 1 is 1.21 bits per heavy atom. The molecule has 1 amide bonds. The Hall–Kier alpha value is -2.11. The van der Waals surface area contributed by atoms with Crippen LogP contribution < -0.4 is 5.32 Å². The molecular weight excluding hydrogens is 244 g/mol. The number of amides is 1. The molecule has 0 aromatic heterocycles. The van der Waals surface area contributed by atoms with E-state index in [-0.39, 0.29) is 17.9 Å². The van der Waals surface area contributed by atoms with Crippen LogP contribution in [-0.2, 0) is 4.79 Å². The molecule has 1 aliphatic heterocycles. The maximum absolute atomic E-state index is 12.0. The summed E-state index contributed by atoms with van der Waals surface area (Å²) >= 11 is 0. The zero-order valence-corrected chi connectivity index (χ0v) is 11.6. The lowest BCUT2D eigenvalue weighted by Gasteiger charge is -2.32. The first-order chi connectivity index (χ1) is 8.97. The molecule has 0 spiro atoms. The van der Waals surface area contributed by atoms with Gasteiger partial charge in [-0.25, -0.2) is 0 Å². The maximum Gasteiger partial charge on any atom is 0.290 e. The molecule has 2 unspecified atom stereocenters. The third-order valence-electron chi connectivity index (χ3n) is 3.65. The Kier molecular flexibility index (Phi) is 3.42. The third-order valence-corrected chi connectivity index (χ3v) is 3.65. The fourth-order valence-corrected chi connectivity index (χ4v) is 2.51. The second-order valence-electron chi connectivity index (χ2n) is 4.79. The first kappa shape index (κ1) is 13.3. The van der Waals surface area contributed by atoms with Gasteiger partial charge in [0.15, 0.2) is 0 Å². The van der Waals surface area contributed by atoms with Gasteiger partial charge in [0, 0.05) is 12.7 Å². The Bertz CT molecular complexity index is 478. The van der Waals surface area contributed by atoms with Crippen molar-refractivity contribution >= 4 is 11.6 Å². The molecule has 0 radical (unpaired) electrons. The van der Waals surface area contributed by atoms with Crippen LogP contribution in [0.1, 0.15) is 18.5 Å². The van der Waals surface area contributed by atoms with Crippen LogP contribution in [0.2, 0.25) is 0 Å². The summed E-state index contributed by atoms with van der Waals surface area (Å²) in [4.78, 5) is 24.6. The Labute approximate surface area is 112 Å². The summed E-state index contributed by atoms with van der Waals surface area (Å²) in [6, 6.07) is 7.51. The number of hydrazine groups is 2. The van der Waals surface area contributed by atoms with Gasteiger partial charge in [0.2, 0.25) is 0 Å². The number of carbonyl (C=O) groups excluding carboxylic acids is 1. The van der Waals surface area contributed by atoms with E-state index in [0.717, 1.165) is 16.3 Å². The number of anilines is 1. The summed E-state index contributed by atoms with van der Waals surface area (Å²) in [6.45, 7) is 1.85. The topological polar surface area (TPSA) is 55.7 Å². The normalized spacial score (nSPS) is 23.8. The highest BCUT2D eigenvalue weighted by Crippen LogP contribution is 2.33. The first-order valence-electron chi connectivity index (χ1n) is 6.22. The van der Waals surface area contributed by atoms with Gasteiger partial charge in [-0.15, -0.1) is 5.01 Å². The Morgan fingerprint density at radius 2 is 1.79 bits per heavy atom. The number of nitrogens with one attached hydrogen (secondary N) is 1. The summed E-state index contributed by atoms with van der Waals surface area (Å²) < 4.78 is 0. The Balaban J connectivity index is 2.35. The van der Waals surface area contributed by atoms with Crippen LogP contribution in [0.15, 0.2) is 24.3 Å². The van der Waals surface area contributed by atoms with E-state index >= 15 is 0 Å². The lowest BCUT2D eigenvalue weighted by Crippen LogP contribution is -2.55. The number of rotatable bonds is 2. The molecule has 2 atom stereocenters. The number of hydrogen-bond acceptors (Lipinski definition) is 3. The number of nitrogens with zero attached hydrogens (tertiary/aromatic N) is 3. The molecule has 0 saturated carbocycles. The van der Waals surface area contributed by atoms with Crippen LogP contribution in [-0.4, -0.2) is 42.0 Å². The minimum absolute atomic E-state index is 0.171. The van der Waals surface area contributed by atoms with Gasteiger partial charge < -0.3 is 5.32 Å². The van der Waals surface area contributed by atoms with Crippen molar-refractivity contribution in [3.63, 3.8) is 0 Å². The smallest absolute Gasteiger partial charge is 0.290 e. The highest BCUT2D eigenvalue weighted by atomic mass is 16.4. The predicted octanol–water partition coefficient (Wildman–Crippen LogP) is 1.42. The summed E-state index contributed by atoms with van der Waals surface area (Å²) in [6.07, 6.45) is 0. The third kappa shape index (κ3) is 2.14. The fourth-order valence-electron chi connectivity index (χ4n) is 2.51. The quantitative estimate of drug-likeness (QED) is 0.820. The number of hydrogen-bond donors (Lipinski definition) is 1. The van der Waals surface area contributed by atoms with E-state index in [2.05, 4.69) is 5.32 Å². The molecule has 1 aromatic rings. The molecule has 1 N–H and O–H groups in total. The zero-order chi connectivity index (χ0) is 14.2. The van der Waals surface area contributed by atoms with Crippen LogP contribution in [0.25, 0.3) is 0 Å². The SMILES string of the molecule is CNc1ccc(C2C(C)C(=O)N(C)[N+](=O)N2C)cc1. The van der Waals surface area contributed by atoms with Crippen molar-refractivity contribution in [1.82, 2.24) is 10.0 Å². The van der Waals surface area contributed by atoms with Crippen molar-refractivity contribution in [2.45, 2.75) is 13.0 Å². The van der Waals surface area contributed by atoms with E-state index in [4.69, 9.17) is 0 Å². The molecule has 1 saturated heterocycles. The minimum atomic E-state index is -0.263. The first-order valence-corrected chi connectivity index (χ1v) is 6.22. The van der Waals surface area contributed by atoms with Crippen LogP contribution in [0.4, 0.5) is 5.69 Å². The van der Waals surface area contributed by atoms with Gasteiger partial charge in [-0.05, 0) is 22.7 Å². The van der Waals surface area contributed by atoms with E-state index in [1.54, 1.807) is 12.1 Å². The molecular formula is C13H19N4O2+. The average Bonchev–Trinajstić information content (AvgIpc) is 2.44. The van der Waals surface area contributed by atoms with E-state index in [9.17, 15) is 9.70 Å². The average molecular weight is 263 g/mol. The second kappa shape index (κ2) is 4.87. The number of benzene rings is 1. The van der Waals surface area contributed by atoms with Crippen molar-refractivity contribution in [3.05, 3.63) is 34.7 Å². The summed E-state index contributed by atoms with van der Waals surface area (Å²) in [5.74, 6) is -0.434. The van der Waals surface area contributed by atoms with Gasteiger partial charge in [-0.2, -0.15) is 0 Å². The van der Waals surface area contributed by atoms with Gasteiger partial charge in [0.1, 0.15) is 6.04 Å². The van der Waals surface area contributed by atoms with Crippen molar-refractivity contribution < 1.29 is 9.77 Å². The lowest BCUT2D eigenvalue weighted by molar-refractivity contribution is -0.823. The molecule has 2 rings (SSSR count). The standard InChI is InChI=1S/C13H19N4O2/c1-9-12(10-5-7-11(14-2)8-6-10)15(3)17(19)16(4)13(9)18/h5-9,12,14H,1-4H3/q+1.